The zero-order chi connectivity index (χ0) is 12.1. The Balaban J connectivity index is 2.33. The van der Waals surface area contributed by atoms with Crippen LogP contribution in [0.25, 0.3) is 0 Å². The van der Waals surface area contributed by atoms with Crippen LogP contribution in [0.5, 0.6) is 0 Å². The first-order chi connectivity index (χ1) is 8.29. The fraction of sp³-hybridized carbons (Fsp3) is 0.188. The highest BCUT2D eigenvalue weighted by Gasteiger charge is 2.23. The quantitative estimate of drug-likeness (QED) is 0.765. The molecule has 86 valence electrons. The first kappa shape index (κ1) is 11.6. The van der Waals surface area contributed by atoms with E-state index in [1.807, 2.05) is 54.6 Å². The highest BCUT2D eigenvalue weighted by molar-refractivity contribution is 5.84. The number of benzene rings is 1. The lowest BCUT2D eigenvalue weighted by atomic mass is 9.83. The number of ketones is 1. The SMILES string of the molecule is CC(=O)C(c1ccccc1)C1C=CC=CC=C1. The molecule has 1 unspecified atom stereocenters. The lowest BCUT2D eigenvalue weighted by molar-refractivity contribution is -0.118. The predicted molar refractivity (Wildman–Crippen MR) is 70.8 cm³/mol. The molecule has 0 aromatic heterocycles. The number of carbonyl (C=O) groups is 1. The molecule has 1 nitrogen and oxygen atoms in total. The Morgan fingerprint density at radius 3 is 2.12 bits per heavy atom. The summed E-state index contributed by atoms with van der Waals surface area (Å²) in [6.07, 6.45) is 12.1. The van der Waals surface area contributed by atoms with Gasteiger partial charge >= 0.3 is 0 Å². The number of carbonyl (C=O) groups excluding carboxylic acids is 1. The predicted octanol–water partition coefficient (Wildman–Crippen LogP) is 3.66. The molecular weight excluding hydrogens is 208 g/mol. The standard InChI is InChI=1S/C16H16O/c1-13(17)16(15-11-7-4-8-12-15)14-9-5-2-3-6-10-14/h2-12,14,16H,1H3. The Kier molecular flexibility index (Phi) is 3.71. The van der Waals surface area contributed by atoms with E-state index in [1.165, 1.54) is 0 Å². The van der Waals surface area contributed by atoms with E-state index in [4.69, 9.17) is 0 Å². The molecule has 2 rings (SSSR count). The molecule has 1 aromatic rings. The van der Waals surface area contributed by atoms with Crippen molar-refractivity contribution in [1.82, 2.24) is 0 Å². The average molecular weight is 224 g/mol. The highest BCUT2D eigenvalue weighted by Crippen LogP contribution is 2.28. The lowest BCUT2D eigenvalue weighted by Crippen LogP contribution is -2.16. The summed E-state index contributed by atoms with van der Waals surface area (Å²) < 4.78 is 0. The van der Waals surface area contributed by atoms with Gasteiger partial charge in [0.15, 0.2) is 0 Å². The van der Waals surface area contributed by atoms with Gasteiger partial charge in [-0.15, -0.1) is 0 Å². The maximum absolute atomic E-state index is 11.9. The zero-order valence-corrected chi connectivity index (χ0v) is 9.91. The molecule has 0 heterocycles. The molecule has 1 aliphatic rings. The minimum Gasteiger partial charge on any atom is -0.299 e. The molecule has 0 radical (unpaired) electrons. The summed E-state index contributed by atoms with van der Waals surface area (Å²) in [5, 5.41) is 0. The van der Waals surface area contributed by atoms with Crippen molar-refractivity contribution in [3.63, 3.8) is 0 Å². The largest absolute Gasteiger partial charge is 0.299 e. The Bertz CT molecular complexity index is 450. The molecule has 0 spiro atoms. The Morgan fingerprint density at radius 2 is 1.59 bits per heavy atom. The van der Waals surface area contributed by atoms with Crippen LogP contribution in [0.1, 0.15) is 18.4 Å². The molecule has 17 heavy (non-hydrogen) atoms. The molecule has 0 saturated carbocycles. The summed E-state index contributed by atoms with van der Waals surface area (Å²) >= 11 is 0. The normalized spacial score (nSPS) is 16.8. The van der Waals surface area contributed by atoms with Crippen LogP contribution < -0.4 is 0 Å². The topological polar surface area (TPSA) is 17.1 Å². The maximum atomic E-state index is 11.9. The highest BCUT2D eigenvalue weighted by atomic mass is 16.1. The van der Waals surface area contributed by atoms with Gasteiger partial charge in [-0.05, 0) is 12.5 Å². The molecule has 0 N–H and O–H groups in total. The van der Waals surface area contributed by atoms with Crippen LogP contribution in [-0.2, 0) is 4.79 Å². The molecule has 0 fully saturated rings. The van der Waals surface area contributed by atoms with Crippen molar-refractivity contribution in [1.29, 1.82) is 0 Å². The fourth-order valence-corrected chi connectivity index (χ4v) is 2.19. The summed E-state index contributed by atoms with van der Waals surface area (Å²) in [7, 11) is 0. The van der Waals surface area contributed by atoms with Crippen LogP contribution in [0.3, 0.4) is 0 Å². The van der Waals surface area contributed by atoms with Crippen molar-refractivity contribution < 1.29 is 4.79 Å². The second-order valence-corrected chi connectivity index (χ2v) is 4.23. The van der Waals surface area contributed by atoms with Crippen LogP contribution in [0.2, 0.25) is 0 Å². The van der Waals surface area contributed by atoms with Gasteiger partial charge < -0.3 is 0 Å². The van der Waals surface area contributed by atoms with E-state index in [0.717, 1.165) is 5.56 Å². The van der Waals surface area contributed by atoms with Crippen molar-refractivity contribution in [2.24, 2.45) is 5.92 Å². The molecule has 0 amide bonds. The number of allylic oxidation sites excluding steroid dienone is 6. The molecule has 1 atom stereocenters. The van der Waals surface area contributed by atoms with Crippen molar-refractivity contribution in [3.05, 3.63) is 72.4 Å². The van der Waals surface area contributed by atoms with E-state index in [0.29, 0.717) is 0 Å². The smallest absolute Gasteiger partial charge is 0.138 e. The minimum absolute atomic E-state index is 0.0800. The van der Waals surface area contributed by atoms with Crippen LogP contribution >= 0.6 is 0 Å². The molecule has 1 aliphatic carbocycles. The van der Waals surface area contributed by atoms with Crippen LogP contribution in [0.15, 0.2) is 66.8 Å². The minimum atomic E-state index is -0.0800. The summed E-state index contributed by atoms with van der Waals surface area (Å²) in [6, 6.07) is 9.97. The van der Waals surface area contributed by atoms with Gasteiger partial charge in [-0.3, -0.25) is 4.79 Å². The van der Waals surface area contributed by atoms with E-state index < -0.39 is 0 Å². The van der Waals surface area contributed by atoms with Gasteiger partial charge in [-0.1, -0.05) is 66.8 Å². The van der Waals surface area contributed by atoms with Crippen molar-refractivity contribution in [2.75, 3.05) is 0 Å². The van der Waals surface area contributed by atoms with Gasteiger partial charge in [0.25, 0.3) is 0 Å². The van der Waals surface area contributed by atoms with Gasteiger partial charge in [-0.25, -0.2) is 0 Å². The van der Waals surface area contributed by atoms with Crippen LogP contribution in [-0.4, -0.2) is 5.78 Å². The van der Waals surface area contributed by atoms with E-state index >= 15 is 0 Å². The summed E-state index contributed by atoms with van der Waals surface area (Å²) in [4.78, 5) is 11.9. The van der Waals surface area contributed by atoms with Gasteiger partial charge in [0.2, 0.25) is 0 Å². The number of hydrogen-bond donors (Lipinski definition) is 0. The third kappa shape index (κ3) is 2.82. The Labute approximate surface area is 102 Å². The zero-order valence-electron chi connectivity index (χ0n) is 9.91. The fourth-order valence-electron chi connectivity index (χ4n) is 2.19. The molecule has 0 bridgehead atoms. The number of Topliss-reactive ketones (excluding diaryl/α,β-unsaturated/α-hetero) is 1. The third-order valence-corrected chi connectivity index (χ3v) is 2.98. The summed E-state index contributed by atoms with van der Waals surface area (Å²) in [5.41, 5.74) is 1.08. The van der Waals surface area contributed by atoms with Gasteiger partial charge in [0.05, 0.1) is 5.92 Å². The molecule has 0 saturated heterocycles. The van der Waals surface area contributed by atoms with E-state index in [2.05, 4.69) is 12.2 Å². The first-order valence-electron chi connectivity index (χ1n) is 5.86. The monoisotopic (exact) mass is 224 g/mol. The van der Waals surface area contributed by atoms with Gasteiger partial charge in [0, 0.05) is 5.92 Å². The lowest BCUT2D eigenvalue weighted by Gasteiger charge is -2.19. The second-order valence-electron chi connectivity index (χ2n) is 4.23. The number of hydrogen-bond acceptors (Lipinski definition) is 1. The first-order valence-corrected chi connectivity index (χ1v) is 5.86. The van der Waals surface area contributed by atoms with Crippen LogP contribution in [0, 0.1) is 5.92 Å². The number of rotatable bonds is 3. The molecule has 0 aliphatic heterocycles. The van der Waals surface area contributed by atoms with Gasteiger partial charge in [0.1, 0.15) is 5.78 Å². The van der Waals surface area contributed by atoms with E-state index in [1.54, 1.807) is 6.92 Å². The molecule has 1 aromatic carbocycles. The van der Waals surface area contributed by atoms with Gasteiger partial charge in [-0.2, -0.15) is 0 Å². The summed E-state index contributed by atoms with van der Waals surface area (Å²) in [6.45, 7) is 1.66. The Hall–Kier alpha value is -1.89. The summed E-state index contributed by atoms with van der Waals surface area (Å²) in [5.74, 6) is 0.269. The Morgan fingerprint density at radius 1 is 1.00 bits per heavy atom. The van der Waals surface area contributed by atoms with Crippen molar-refractivity contribution in [2.45, 2.75) is 12.8 Å². The second kappa shape index (κ2) is 5.44. The third-order valence-electron chi connectivity index (χ3n) is 2.98. The maximum Gasteiger partial charge on any atom is 0.138 e. The average Bonchev–Trinajstić information content (AvgIpc) is 2.59. The molecular formula is C16H16O. The van der Waals surface area contributed by atoms with Crippen molar-refractivity contribution >= 4 is 5.78 Å². The van der Waals surface area contributed by atoms with E-state index in [9.17, 15) is 4.79 Å². The van der Waals surface area contributed by atoms with E-state index in [-0.39, 0.29) is 17.6 Å². The van der Waals surface area contributed by atoms with Crippen molar-refractivity contribution in [3.8, 4) is 0 Å². The van der Waals surface area contributed by atoms with Crippen LogP contribution in [0.4, 0.5) is 0 Å². The molecule has 1 heteroatoms.